The molecule has 0 radical (unpaired) electrons. The number of nitrogens with zero attached hydrogens (tertiary/aromatic N) is 1. The highest BCUT2D eigenvalue weighted by molar-refractivity contribution is 5.78. The fourth-order valence-electron chi connectivity index (χ4n) is 2.79. The fourth-order valence-corrected chi connectivity index (χ4v) is 2.79. The molecule has 2 rings (SSSR count). The van der Waals surface area contributed by atoms with Crippen molar-refractivity contribution in [1.29, 1.82) is 0 Å². The molecule has 0 aliphatic carbocycles. The van der Waals surface area contributed by atoms with E-state index in [4.69, 9.17) is 4.74 Å². The molecule has 2 unspecified atom stereocenters. The van der Waals surface area contributed by atoms with E-state index in [2.05, 4.69) is 34.5 Å². The third-order valence-electron chi connectivity index (χ3n) is 3.73. The largest absolute Gasteiger partial charge is 0.383 e. The fraction of sp³-hybridized carbons (Fsp3) is 0.562. The summed E-state index contributed by atoms with van der Waals surface area (Å²) in [4.78, 5) is 14.1. The lowest BCUT2D eigenvalue weighted by molar-refractivity contribution is -0.122. The van der Waals surface area contributed by atoms with Gasteiger partial charge in [0, 0.05) is 19.7 Å². The summed E-state index contributed by atoms with van der Waals surface area (Å²) in [6.45, 7) is 4.95. The molecular weight excluding hydrogens is 252 g/mol. The lowest BCUT2D eigenvalue weighted by Gasteiger charge is -2.18. The van der Waals surface area contributed by atoms with Crippen molar-refractivity contribution in [1.82, 2.24) is 10.2 Å². The number of carbonyl (C=O) groups excluding carboxylic acids is 1. The molecule has 4 heteroatoms. The van der Waals surface area contributed by atoms with Crippen LogP contribution in [0.15, 0.2) is 30.3 Å². The standard InChI is InChI=1S/C16H24N2O2/c1-13(12-20-2)17-16(19)11-18-9-8-15(10-18)14-6-4-3-5-7-14/h3-7,13,15H,8-12H2,1-2H3,(H,17,19). The Bertz CT molecular complexity index is 422. The van der Waals surface area contributed by atoms with Crippen LogP contribution in [-0.2, 0) is 9.53 Å². The van der Waals surface area contributed by atoms with E-state index < -0.39 is 0 Å². The zero-order chi connectivity index (χ0) is 14.4. The van der Waals surface area contributed by atoms with Crippen molar-refractivity contribution in [2.75, 3.05) is 33.4 Å². The van der Waals surface area contributed by atoms with Gasteiger partial charge in [-0.25, -0.2) is 0 Å². The number of likely N-dealkylation sites (tertiary alicyclic amines) is 1. The zero-order valence-corrected chi connectivity index (χ0v) is 12.3. The number of nitrogens with one attached hydrogen (secondary N) is 1. The molecule has 1 aliphatic heterocycles. The van der Waals surface area contributed by atoms with Gasteiger partial charge in [-0.05, 0) is 31.4 Å². The van der Waals surface area contributed by atoms with Crippen LogP contribution in [0.4, 0.5) is 0 Å². The van der Waals surface area contributed by atoms with Gasteiger partial charge in [0.05, 0.1) is 13.2 Å². The predicted molar refractivity (Wildman–Crippen MR) is 79.7 cm³/mol. The van der Waals surface area contributed by atoms with E-state index in [1.54, 1.807) is 7.11 Å². The molecule has 1 aliphatic rings. The first-order valence-corrected chi connectivity index (χ1v) is 7.24. The molecule has 1 N–H and O–H groups in total. The Labute approximate surface area is 121 Å². The number of carbonyl (C=O) groups is 1. The first-order valence-electron chi connectivity index (χ1n) is 7.24. The Morgan fingerprint density at radius 2 is 2.20 bits per heavy atom. The van der Waals surface area contributed by atoms with E-state index in [1.807, 2.05) is 13.0 Å². The minimum absolute atomic E-state index is 0.0695. The molecule has 110 valence electrons. The van der Waals surface area contributed by atoms with Crippen molar-refractivity contribution in [2.24, 2.45) is 0 Å². The average Bonchev–Trinajstić information content (AvgIpc) is 2.88. The molecule has 1 heterocycles. The van der Waals surface area contributed by atoms with Crippen LogP contribution < -0.4 is 5.32 Å². The van der Waals surface area contributed by atoms with Crippen LogP contribution >= 0.6 is 0 Å². The number of hydrogen-bond acceptors (Lipinski definition) is 3. The molecule has 4 nitrogen and oxygen atoms in total. The number of benzene rings is 1. The Balaban J connectivity index is 1.77. The molecule has 1 aromatic carbocycles. The van der Waals surface area contributed by atoms with E-state index in [0.717, 1.165) is 19.5 Å². The van der Waals surface area contributed by atoms with E-state index in [-0.39, 0.29) is 11.9 Å². The molecule has 0 aromatic heterocycles. The highest BCUT2D eigenvalue weighted by Crippen LogP contribution is 2.26. The van der Waals surface area contributed by atoms with Gasteiger partial charge in [0.25, 0.3) is 0 Å². The van der Waals surface area contributed by atoms with Gasteiger partial charge in [0.15, 0.2) is 0 Å². The van der Waals surface area contributed by atoms with Gasteiger partial charge >= 0.3 is 0 Å². The first-order chi connectivity index (χ1) is 9.69. The van der Waals surface area contributed by atoms with Gasteiger partial charge < -0.3 is 10.1 Å². The SMILES string of the molecule is COCC(C)NC(=O)CN1CCC(c2ccccc2)C1. The monoisotopic (exact) mass is 276 g/mol. The minimum Gasteiger partial charge on any atom is -0.383 e. The summed E-state index contributed by atoms with van der Waals surface area (Å²) in [6.07, 6.45) is 1.13. The molecule has 0 spiro atoms. The number of ether oxygens (including phenoxy) is 1. The van der Waals surface area contributed by atoms with E-state index in [0.29, 0.717) is 19.1 Å². The second kappa shape index (κ2) is 7.41. The maximum absolute atomic E-state index is 11.9. The molecule has 2 atom stereocenters. The van der Waals surface area contributed by atoms with Gasteiger partial charge in [0.1, 0.15) is 0 Å². The van der Waals surface area contributed by atoms with Gasteiger partial charge in [0.2, 0.25) is 5.91 Å². The average molecular weight is 276 g/mol. The maximum atomic E-state index is 11.9. The summed E-state index contributed by atoms with van der Waals surface area (Å²) >= 11 is 0. The summed E-state index contributed by atoms with van der Waals surface area (Å²) in [5.74, 6) is 0.642. The van der Waals surface area contributed by atoms with Gasteiger partial charge in [-0.2, -0.15) is 0 Å². The van der Waals surface area contributed by atoms with Crippen molar-refractivity contribution in [2.45, 2.75) is 25.3 Å². The molecule has 1 saturated heterocycles. The van der Waals surface area contributed by atoms with E-state index >= 15 is 0 Å². The third kappa shape index (κ3) is 4.32. The van der Waals surface area contributed by atoms with Crippen molar-refractivity contribution in [3.63, 3.8) is 0 Å². The van der Waals surface area contributed by atoms with Crippen molar-refractivity contribution in [3.05, 3.63) is 35.9 Å². The lowest BCUT2D eigenvalue weighted by Crippen LogP contribution is -2.42. The molecule has 0 saturated carbocycles. The summed E-state index contributed by atoms with van der Waals surface area (Å²) in [7, 11) is 1.65. The quantitative estimate of drug-likeness (QED) is 0.858. The highest BCUT2D eigenvalue weighted by Gasteiger charge is 2.25. The molecule has 1 amide bonds. The van der Waals surface area contributed by atoms with Crippen LogP contribution in [0.25, 0.3) is 0 Å². The molecule has 1 aromatic rings. The van der Waals surface area contributed by atoms with Crippen molar-refractivity contribution in [3.8, 4) is 0 Å². The highest BCUT2D eigenvalue weighted by atomic mass is 16.5. The number of rotatable bonds is 6. The summed E-state index contributed by atoms with van der Waals surface area (Å²) in [6, 6.07) is 10.6. The summed E-state index contributed by atoms with van der Waals surface area (Å²) in [5.41, 5.74) is 1.38. The zero-order valence-electron chi connectivity index (χ0n) is 12.3. The Kier molecular flexibility index (Phi) is 5.56. The first kappa shape index (κ1) is 15.0. The Morgan fingerprint density at radius 1 is 1.45 bits per heavy atom. The van der Waals surface area contributed by atoms with Crippen LogP contribution in [0.1, 0.15) is 24.8 Å². The van der Waals surface area contributed by atoms with Crippen molar-refractivity contribution >= 4 is 5.91 Å². The minimum atomic E-state index is 0.0695. The molecule has 1 fully saturated rings. The number of methoxy groups -OCH3 is 1. The van der Waals surface area contributed by atoms with Crippen LogP contribution in [-0.4, -0.2) is 50.2 Å². The molecule has 20 heavy (non-hydrogen) atoms. The smallest absolute Gasteiger partial charge is 0.234 e. The predicted octanol–water partition coefficient (Wildman–Crippen LogP) is 1.63. The van der Waals surface area contributed by atoms with E-state index in [1.165, 1.54) is 5.56 Å². The van der Waals surface area contributed by atoms with Gasteiger partial charge in [-0.3, -0.25) is 9.69 Å². The van der Waals surface area contributed by atoms with Crippen LogP contribution in [0.3, 0.4) is 0 Å². The number of hydrogen-bond donors (Lipinski definition) is 1. The van der Waals surface area contributed by atoms with E-state index in [9.17, 15) is 4.79 Å². The summed E-state index contributed by atoms with van der Waals surface area (Å²) < 4.78 is 5.02. The lowest BCUT2D eigenvalue weighted by atomic mass is 9.99. The van der Waals surface area contributed by atoms with Gasteiger partial charge in [-0.15, -0.1) is 0 Å². The van der Waals surface area contributed by atoms with Crippen molar-refractivity contribution < 1.29 is 9.53 Å². The number of amides is 1. The maximum Gasteiger partial charge on any atom is 0.234 e. The third-order valence-corrected chi connectivity index (χ3v) is 3.73. The Morgan fingerprint density at radius 3 is 2.90 bits per heavy atom. The molecule has 0 bridgehead atoms. The second-order valence-corrected chi connectivity index (χ2v) is 5.56. The van der Waals surface area contributed by atoms with Gasteiger partial charge in [-0.1, -0.05) is 30.3 Å². The van der Waals surface area contributed by atoms with Crippen LogP contribution in [0.5, 0.6) is 0 Å². The molecular formula is C16H24N2O2. The van der Waals surface area contributed by atoms with Crippen LogP contribution in [0.2, 0.25) is 0 Å². The normalized spacial score (nSPS) is 20.8. The Hall–Kier alpha value is -1.39. The van der Waals surface area contributed by atoms with Crippen LogP contribution in [0, 0.1) is 0 Å². The second-order valence-electron chi connectivity index (χ2n) is 5.56. The summed E-state index contributed by atoms with van der Waals surface area (Å²) in [5, 5.41) is 2.96. The topological polar surface area (TPSA) is 41.6 Å².